The van der Waals surface area contributed by atoms with E-state index in [1.165, 1.54) is 41.0 Å². The van der Waals surface area contributed by atoms with Gasteiger partial charge in [0.05, 0.1) is 24.0 Å². The van der Waals surface area contributed by atoms with Gasteiger partial charge in [-0.15, -0.1) is 0 Å². The van der Waals surface area contributed by atoms with E-state index in [-0.39, 0.29) is 36.0 Å². The third kappa shape index (κ3) is 4.31. The minimum Gasteiger partial charge on any atom is -0.493 e. The van der Waals surface area contributed by atoms with Crippen molar-refractivity contribution in [3.05, 3.63) is 48.0 Å². The second-order valence-electron chi connectivity index (χ2n) is 6.82. The topological polar surface area (TPSA) is 93.2 Å². The van der Waals surface area contributed by atoms with Gasteiger partial charge in [-0.2, -0.15) is 8.61 Å². The molecule has 0 aromatic heterocycles. The van der Waals surface area contributed by atoms with E-state index in [0.29, 0.717) is 11.5 Å². The van der Waals surface area contributed by atoms with Crippen molar-refractivity contribution in [3.63, 3.8) is 0 Å². The third-order valence-electron chi connectivity index (χ3n) is 5.16. The Balaban J connectivity index is 1.75. The number of hydrogen-bond donors (Lipinski definition) is 0. The van der Waals surface area contributed by atoms with E-state index >= 15 is 0 Å². The molecule has 0 radical (unpaired) electrons. The number of aryl methyl sites for hydroxylation is 1. The number of rotatable bonds is 7. The van der Waals surface area contributed by atoms with Crippen molar-refractivity contribution in [1.82, 2.24) is 8.61 Å². The fourth-order valence-corrected chi connectivity index (χ4v) is 6.18. The summed E-state index contributed by atoms with van der Waals surface area (Å²) in [5.74, 6) is 0.747. The molecule has 0 N–H and O–H groups in total. The van der Waals surface area contributed by atoms with Crippen molar-refractivity contribution in [2.24, 2.45) is 0 Å². The Hall–Kier alpha value is -2.14. The van der Waals surface area contributed by atoms with Gasteiger partial charge in [0.2, 0.25) is 20.0 Å². The van der Waals surface area contributed by atoms with Crippen LogP contribution in [0, 0.1) is 0 Å². The Kier molecular flexibility index (Phi) is 6.71. The molecule has 2 aromatic carbocycles. The molecular formula is C20H26N2O6S2. The zero-order valence-electron chi connectivity index (χ0n) is 17.2. The lowest BCUT2D eigenvalue weighted by atomic mass is 10.2. The van der Waals surface area contributed by atoms with Gasteiger partial charge >= 0.3 is 0 Å². The molecule has 2 aromatic rings. The Morgan fingerprint density at radius 3 is 1.67 bits per heavy atom. The van der Waals surface area contributed by atoms with Crippen molar-refractivity contribution in [3.8, 4) is 11.5 Å². The summed E-state index contributed by atoms with van der Waals surface area (Å²) >= 11 is 0. The predicted molar refractivity (Wildman–Crippen MR) is 113 cm³/mol. The molecule has 3 rings (SSSR count). The van der Waals surface area contributed by atoms with E-state index in [9.17, 15) is 16.8 Å². The standard InChI is InChI=1S/C20H26N2O6S2/c1-4-16-5-7-17(8-6-16)29(23,24)21-11-13-22(14-12-21)30(25,26)18-9-10-19(27-2)20(15-18)28-3/h5-10,15H,4,11-14H2,1-3H3. The van der Waals surface area contributed by atoms with Gasteiger partial charge in [0.1, 0.15) is 0 Å². The summed E-state index contributed by atoms with van der Waals surface area (Å²) in [5, 5.41) is 0. The fraction of sp³-hybridized carbons (Fsp3) is 0.400. The highest BCUT2D eigenvalue weighted by Gasteiger charge is 2.34. The van der Waals surface area contributed by atoms with Crippen molar-refractivity contribution >= 4 is 20.0 Å². The van der Waals surface area contributed by atoms with Crippen molar-refractivity contribution in [2.75, 3.05) is 40.4 Å². The van der Waals surface area contributed by atoms with Gasteiger partial charge in [-0.3, -0.25) is 0 Å². The lowest BCUT2D eigenvalue weighted by Crippen LogP contribution is -2.50. The monoisotopic (exact) mass is 454 g/mol. The quantitative estimate of drug-likeness (QED) is 0.635. The average Bonchev–Trinajstić information content (AvgIpc) is 2.78. The molecule has 1 aliphatic rings. The first kappa shape index (κ1) is 22.5. The molecule has 8 nitrogen and oxygen atoms in total. The van der Waals surface area contributed by atoms with Gasteiger partial charge < -0.3 is 9.47 Å². The molecule has 0 unspecified atom stereocenters. The highest BCUT2D eigenvalue weighted by atomic mass is 32.2. The normalized spacial score (nSPS) is 16.4. The van der Waals surface area contributed by atoms with Crippen LogP contribution in [0.2, 0.25) is 0 Å². The van der Waals surface area contributed by atoms with E-state index in [1.807, 2.05) is 6.92 Å². The van der Waals surface area contributed by atoms with Crippen LogP contribution in [0.3, 0.4) is 0 Å². The molecule has 164 valence electrons. The Morgan fingerprint density at radius 2 is 1.20 bits per heavy atom. The van der Waals surface area contributed by atoms with Gasteiger partial charge in [0.25, 0.3) is 0 Å². The number of ether oxygens (including phenoxy) is 2. The molecular weight excluding hydrogens is 428 g/mol. The molecule has 0 aliphatic carbocycles. The number of sulfonamides is 2. The maximum absolute atomic E-state index is 13.0. The summed E-state index contributed by atoms with van der Waals surface area (Å²) in [5.41, 5.74) is 1.06. The molecule has 0 spiro atoms. The molecule has 30 heavy (non-hydrogen) atoms. The Labute approximate surface area is 178 Å². The van der Waals surface area contributed by atoms with E-state index < -0.39 is 20.0 Å². The van der Waals surface area contributed by atoms with E-state index in [0.717, 1.165) is 12.0 Å². The first-order chi connectivity index (χ1) is 14.2. The van der Waals surface area contributed by atoms with Gasteiger partial charge in [0.15, 0.2) is 11.5 Å². The van der Waals surface area contributed by atoms with Crippen LogP contribution in [0.25, 0.3) is 0 Å². The first-order valence-electron chi connectivity index (χ1n) is 9.55. The largest absolute Gasteiger partial charge is 0.493 e. The highest BCUT2D eigenvalue weighted by Crippen LogP contribution is 2.31. The van der Waals surface area contributed by atoms with Crippen LogP contribution < -0.4 is 9.47 Å². The van der Waals surface area contributed by atoms with Crippen LogP contribution in [0.5, 0.6) is 11.5 Å². The van der Waals surface area contributed by atoms with E-state index in [1.54, 1.807) is 24.3 Å². The number of nitrogens with zero attached hydrogens (tertiary/aromatic N) is 2. The van der Waals surface area contributed by atoms with Crippen molar-refractivity contribution in [2.45, 2.75) is 23.1 Å². The maximum atomic E-state index is 13.0. The summed E-state index contributed by atoms with van der Waals surface area (Å²) in [7, 11) is -4.54. The predicted octanol–water partition coefficient (Wildman–Crippen LogP) is 1.96. The zero-order chi connectivity index (χ0) is 21.9. The molecule has 1 heterocycles. The second kappa shape index (κ2) is 8.93. The Morgan fingerprint density at radius 1 is 0.733 bits per heavy atom. The summed E-state index contributed by atoms with van der Waals surface area (Å²) in [6.45, 7) is 2.32. The lowest BCUT2D eigenvalue weighted by Gasteiger charge is -2.33. The highest BCUT2D eigenvalue weighted by molar-refractivity contribution is 7.89. The van der Waals surface area contributed by atoms with Crippen LogP contribution in [0.15, 0.2) is 52.3 Å². The van der Waals surface area contributed by atoms with E-state index in [2.05, 4.69) is 0 Å². The minimum absolute atomic E-state index is 0.0724. The Bertz CT molecular complexity index is 1090. The smallest absolute Gasteiger partial charge is 0.243 e. The number of hydrogen-bond acceptors (Lipinski definition) is 6. The van der Waals surface area contributed by atoms with Crippen LogP contribution in [0.1, 0.15) is 12.5 Å². The summed E-state index contributed by atoms with van der Waals surface area (Å²) in [6, 6.07) is 11.2. The lowest BCUT2D eigenvalue weighted by molar-refractivity contribution is 0.272. The number of methoxy groups -OCH3 is 2. The van der Waals surface area contributed by atoms with Crippen LogP contribution in [0.4, 0.5) is 0 Å². The molecule has 1 aliphatic heterocycles. The first-order valence-corrected chi connectivity index (χ1v) is 12.4. The van der Waals surface area contributed by atoms with Crippen LogP contribution in [-0.4, -0.2) is 65.8 Å². The summed E-state index contributed by atoms with van der Waals surface area (Å²) in [6.07, 6.45) is 0.826. The van der Waals surface area contributed by atoms with Gasteiger partial charge in [-0.25, -0.2) is 16.8 Å². The molecule has 0 amide bonds. The van der Waals surface area contributed by atoms with Gasteiger partial charge in [-0.1, -0.05) is 19.1 Å². The number of piperazine rings is 1. The minimum atomic E-state index is -3.79. The zero-order valence-corrected chi connectivity index (χ0v) is 18.9. The maximum Gasteiger partial charge on any atom is 0.243 e. The number of benzene rings is 2. The van der Waals surface area contributed by atoms with Crippen molar-refractivity contribution in [1.29, 1.82) is 0 Å². The molecule has 0 bridgehead atoms. The van der Waals surface area contributed by atoms with Gasteiger partial charge in [0, 0.05) is 32.2 Å². The molecule has 10 heteroatoms. The van der Waals surface area contributed by atoms with Crippen LogP contribution >= 0.6 is 0 Å². The molecule has 0 atom stereocenters. The summed E-state index contributed by atoms with van der Waals surface area (Å²) in [4.78, 5) is 0.294. The summed E-state index contributed by atoms with van der Waals surface area (Å²) < 4.78 is 64.8. The average molecular weight is 455 g/mol. The third-order valence-corrected chi connectivity index (χ3v) is 8.97. The second-order valence-corrected chi connectivity index (χ2v) is 10.7. The van der Waals surface area contributed by atoms with Crippen LogP contribution in [-0.2, 0) is 26.5 Å². The van der Waals surface area contributed by atoms with E-state index in [4.69, 9.17) is 9.47 Å². The molecule has 1 fully saturated rings. The molecule has 1 saturated heterocycles. The van der Waals surface area contributed by atoms with Crippen molar-refractivity contribution < 1.29 is 26.3 Å². The van der Waals surface area contributed by atoms with Gasteiger partial charge in [-0.05, 0) is 36.2 Å². The SMILES string of the molecule is CCc1ccc(S(=O)(=O)N2CCN(S(=O)(=O)c3ccc(OC)c(OC)c3)CC2)cc1. The molecule has 0 saturated carbocycles. The fourth-order valence-electron chi connectivity index (χ4n) is 3.32.